The molecule has 3 heterocycles. The summed E-state index contributed by atoms with van der Waals surface area (Å²) in [5.41, 5.74) is 8.58. The fourth-order valence-electron chi connectivity index (χ4n) is 3.69. The van der Waals surface area contributed by atoms with Gasteiger partial charge in [0.1, 0.15) is 0 Å². The first-order chi connectivity index (χ1) is 13.8. The van der Waals surface area contributed by atoms with E-state index in [1.165, 1.54) is 16.7 Å². The molecule has 2 nitrogen and oxygen atoms in total. The van der Waals surface area contributed by atoms with E-state index in [9.17, 15) is 0 Å². The average molecular weight is 556 g/mol. The fraction of sp³-hybridized carbons (Fsp3) is 0.154. The van der Waals surface area contributed by atoms with E-state index in [1.54, 1.807) is 0 Å². The molecule has 3 heteroatoms. The summed E-state index contributed by atoms with van der Waals surface area (Å²) < 4.78 is 0. The van der Waals surface area contributed by atoms with Crippen LogP contribution in [0.2, 0.25) is 0 Å². The number of benzene rings is 2. The van der Waals surface area contributed by atoms with Gasteiger partial charge in [0.15, 0.2) is 0 Å². The Kier molecular flexibility index (Phi) is 6.02. The Labute approximate surface area is 186 Å². The van der Waals surface area contributed by atoms with Gasteiger partial charge in [0.2, 0.25) is 0 Å². The number of aromatic nitrogens is 2. The van der Waals surface area contributed by atoms with Crippen molar-refractivity contribution in [1.29, 1.82) is 0 Å². The number of fused-ring (bicyclic) bond motifs is 10. The number of rotatable bonds is 0. The number of hydrogen-bond acceptors (Lipinski definition) is 2. The van der Waals surface area contributed by atoms with Crippen molar-refractivity contribution in [2.24, 2.45) is 0 Å². The molecule has 0 spiro atoms. The molecule has 0 atom stereocenters. The maximum Gasteiger partial charge on any atom is 2.00 e. The van der Waals surface area contributed by atoms with Crippen LogP contribution in [0.15, 0.2) is 72.8 Å². The van der Waals surface area contributed by atoms with E-state index in [4.69, 9.17) is 9.97 Å². The second-order valence-corrected chi connectivity index (χ2v) is 7.21. The van der Waals surface area contributed by atoms with Crippen molar-refractivity contribution in [2.45, 2.75) is 25.7 Å². The monoisotopic (exact) mass is 555 g/mol. The van der Waals surface area contributed by atoms with E-state index >= 15 is 0 Å². The Bertz CT molecular complexity index is 1050. The van der Waals surface area contributed by atoms with Gasteiger partial charge in [-0.15, -0.1) is 35.4 Å². The quantitative estimate of drug-likeness (QED) is 0.276. The molecular formula is C26H20N2Pt. The van der Waals surface area contributed by atoms with Crippen LogP contribution < -0.4 is 0 Å². The summed E-state index contributed by atoms with van der Waals surface area (Å²) >= 11 is 0. The van der Waals surface area contributed by atoms with Crippen LogP contribution in [0.4, 0.5) is 0 Å². The Morgan fingerprint density at radius 1 is 0.517 bits per heavy atom. The minimum atomic E-state index is 0. The normalized spacial score (nSPS) is 12.7. The Morgan fingerprint density at radius 3 is 1.86 bits per heavy atom. The average Bonchev–Trinajstić information content (AvgIpc) is 2.77. The molecule has 8 bridgehead atoms. The molecule has 0 aliphatic carbocycles. The van der Waals surface area contributed by atoms with E-state index in [-0.39, 0.29) is 21.1 Å². The SMILES string of the molecule is [Pt+2].[c-]1c2cccc1CCc1cccc(n1)-c1cccc(n1)-c1[c-]c(ccc1)CC2. The van der Waals surface area contributed by atoms with Gasteiger partial charge in [0, 0.05) is 5.69 Å². The van der Waals surface area contributed by atoms with Gasteiger partial charge in [0.05, 0.1) is 11.4 Å². The fourth-order valence-corrected chi connectivity index (χ4v) is 3.69. The summed E-state index contributed by atoms with van der Waals surface area (Å²) in [6, 6.07) is 32.3. The molecule has 0 saturated heterocycles. The van der Waals surface area contributed by atoms with Crippen molar-refractivity contribution in [3.8, 4) is 22.6 Å². The van der Waals surface area contributed by atoms with Crippen molar-refractivity contribution >= 4 is 0 Å². The molecule has 5 rings (SSSR count). The molecule has 2 aromatic heterocycles. The number of aryl methyl sites for hydroxylation is 4. The minimum absolute atomic E-state index is 0. The Hall–Kier alpha value is -2.57. The minimum Gasteiger partial charge on any atom is -0.295 e. The van der Waals surface area contributed by atoms with Gasteiger partial charge in [-0.25, -0.2) is 0 Å². The summed E-state index contributed by atoms with van der Waals surface area (Å²) in [4.78, 5) is 9.73. The molecule has 1 aliphatic rings. The largest absolute Gasteiger partial charge is 2.00 e. The van der Waals surface area contributed by atoms with Crippen LogP contribution in [-0.2, 0) is 46.7 Å². The summed E-state index contributed by atoms with van der Waals surface area (Å²) in [7, 11) is 0. The molecule has 0 amide bonds. The van der Waals surface area contributed by atoms with Gasteiger partial charge >= 0.3 is 21.1 Å². The zero-order valence-electron chi connectivity index (χ0n) is 16.0. The van der Waals surface area contributed by atoms with Gasteiger partial charge in [-0.2, -0.15) is 35.4 Å². The van der Waals surface area contributed by atoms with Gasteiger partial charge in [-0.3, -0.25) is 9.97 Å². The maximum absolute atomic E-state index is 4.87. The molecule has 0 radical (unpaired) electrons. The molecular weight excluding hydrogens is 535 g/mol. The molecule has 29 heavy (non-hydrogen) atoms. The first-order valence-electron chi connectivity index (χ1n) is 9.78. The van der Waals surface area contributed by atoms with Gasteiger partial charge in [-0.05, 0) is 49.6 Å². The van der Waals surface area contributed by atoms with Crippen LogP contribution in [0.1, 0.15) is 22.4 Å². The molecule has 2 aromatic carbocycles. The smallest absolute Gasteiger partial charge is 0.295 e. The van der Waals surface area contributed by atoms with Crippen LogP contribution in [-0.4, -0.2) is 9.97 Å². The first kappa shape index (κ1) is 19.7. The molecule has 0 saturated carbocycles. The van der Waals surface area contributed by atoms with Crippen molar-refractivity contribution in [2.75, 3.05) is 0 Å². The predicted octanol–water partition coefficient (Wildman–Crippen LogP) is 5.29. The summed E-state index contributed by atoms with van der Waals surface area (Å²) in [5.74, 6) is 0. The standard InChI is InChI=1S/C26H20N2.Pt/c1-5-19-13-14-21-7-2-8-22(18-21)24-10-4-12-26(28-24)25-11-3-9-23(27-25)16-15-20(6-1)17-19;/h1-12H,13-16H2;/q-2;+2. The van der Waals surface area contributed by atoms with E-state index < -0.39 is 0 Å². The third-order valence-electron chi connectivity index (χ3n) is 5.18. The van der Waals surface area contributed by atoms with E-state index in [0.29, 0.717) is 0 Å². The zero-order valence-corrected chi connectivity index (χ0v) is 18.2. The summed E-state index contributed by atoms with van der Waals surface area (Å²) in [5, 5.41) is 0. The molecule has 1 aliphatic heterocycles. The first-order valence-corrected chi connectivity index (χ1v) is 9.78. The third-order valence-corrected chi connectivity index (χ3v) is 5.18. The summed E-state index contributed by atoms with van der Waals surface area (Å²) in [6.07, 6.45) is 3.77. The Morgan fingerprint density at radius 2 is 1.07 bits per heavy atom. The van der Waals surface area contributed by atoms with Crippen LogP contribution in [0.25, 0.3) is 22.6 Å². The topological polar surface area (TPSA) is 25.8 Å². The van der Waals surface area contributed by atoms with Crippen LogP contribution in [0.3, 0.4) is 0 Å². The molecule has 144 valence electrons. The van der Waals surface area contributed by atoms with E-state index in [2.05, 4.69) is 66.7 Å². The Balaban J connectivity index is 0.00000205. The molecule has 0 fully saturated rings. The molecule has 4 aromatic rings. The summed E-state index contributed by atoms with van der Waals surface area (Å²) in [6.45, 7) is 0. The van der Waals surface area contributed by atoms with Crippen molar-refractivity contribution in [1.82, 2.24) is 9.97 Å². The predicted molar refractivity (Wildman–Crippen MR) is 112 cm³/mol. The maximum atomic E-state index is 4.87. The number of nitrogens with zero attached hydrogens (tertiary/aromatic N) is 2. The van der Waals surface area contributed by atoms with Crippen LogP contribution >= 0.6 is 0 Å². The van der Waals surface area contributed by atoms with Gasteiger partial charge < -0.3 is 0 Å². The number of pyridine rings is 2. The molecule has 0 unspecified atom stereocenters. The molecule has 0 N–H and O–H groups in total. The number of hydrogen-bond donors (Lipinski definition) is 0. The third kappa shape index (κ3) is 4.54. The van der Waals surface area contributed by atoms with Crippen LogP contribution in [0.5, 0.6) is 0 Å². The van der Waals surface area contributed by atoms with Crippen LogP contribution in [0, 0.1) is 12.1 Å². The second-order valence-electron chi connectivity index (χ2n) is 7.21. The van der Waals surface area contributed by atoms with Crippen molar-refractivity contribution in [3.63, 3.8) is 0 Å². The second kappa shape index (κ2) is 8.84. The van der Waals surface area contributed by atoms with Crippen molar-refractivity contribution in [3.05, 3.63) is 107 Å². The van der Waals surface area contributed by atoms with E-state index in [0.717, 1.165) is 54.0 Å². The van der Waals surface area contributed by atoms with Crippen molar-refractivity contribution < 1.29 is 21.1 Å². The van der Waals surface area contributed by atoms with E-state index in [1.807, 2.05) is 18.2 Å². The van der Waals surface area contributed by atoms with Gasteiger partial charge in [0.25, 0.3) is 0 Å². The van der Waals surface area contributed by atoms with Gasteiger partial charge in [-0.1, -0.05) is 18.2 Å². The zero-order chi connectivity index (χ0) is 18.8.